The van der Waals surface area contributed by atoms with Crippen LogP contribution in [0.3, 0.4) is 0 Å². The molecule has 0 amide bonds. The minimum Gasteiger partial charge on any atom is -0.389 e. The van der Waals surface area contributed by atoms with Gasteiger partial charge in [0, 0.05) is 12.6 Å². The van der Waals surface area contributed by atoms with E-state index >= 15 is 0 Å². The fourth-order valence-electron chi connectivity index (χ4n) is 3.23. The third-order valence-electron chi connectivity index (χ3n) is 3.28. The zero-order valence-corrected chi connectivity index (χ0v) is 10.9. The van der Waals surface area contributed by atoms with E-state index in [2.05, 4.69) is 39.9 Å². The van der Waals surface area contributed by atoms with Crippen LogP contribution in [0.1, 0.15) is 53.9 Å². The SMILES string of the molecule is CC1CC(C)(C)CC(O)(CNC(C)C)C1. The van der Waals surface area contributed by atoms with Gasteiger partial charge in [-0.15, -0.1) is 0 Å². The predicted molar refractivity (Wildman–Crippen MR) is 64.9 cm³/mol. The van der Waals surface area contributed by atoms with E-state index in [1.54, 1.807) is 0 Å². The summed E-state index contributed by atoms with van der Waals surface area (Å²) in [6.45, 7) is 11.8. The van der Waals surface area contributed by atoms with Crippen molar-refractivity contribution in [2.45, 2.75) is 65.5 Å². The first kappa shape index (κ1) is 13.0. The Morgan fingerprint density at radius 3 is 2.40 bits per heavy atom. The molecule has 2 atom stereocenters. The molecule has 1 fully saturated rings. The summed E-state index contributed by atoms with van der Waals surface area (Å²) in [7, 11) is 0. The van der Waals surface area contributed by atoms with E-state index in [-0.39, 0.29) is 5.41 Å². The highest BCUT2D eigenvalue weighted by molar-refractivity contribution is 4.94. The smallest absolute Gasteiger partial charge is 0.0779 e. The number of hydrogen-bond donors (Lipinski definition) is 2. The van der Waals surface area contributed by atoms with Gasteiger partial charge in [0.05, 0.1) is 5.60 Å². The van der Waals surface area contributed by atoms with Gasteiger partial charge in [-0.25, -0.2) is 0 Å². The molecular formula is C13H27NO. The minimum atomic E-state index is -0.495. The van der Waals surface area contributed by atoms with Crippen molar-refractivity contribution in [2.24, 2.45) is 11.3 Å². The maximum absolute atomic E-state index is 10.6. The Labute approximate surface area is 94.5 Å². The lowest BCUT2D eigenvalue weighted by atomic mass is 9.66. The molecular weight excluding hydrogens is 186 g/mol. The predicted octanol–water partition coefficient (Wildman–Crippen LogP) is 2.56. The van der Waals surface area contributed by atoms with Crippen molar-refractivity contribution >= 4 is 0 Å². The van der Waals surface area contributed by atoms with Gasteiger partial charge in [-0.05, 0) is 30.6 Å². The highest BCUT2D eigenvalue weighted by Gasteiger charge is 2.41. The van der Waals surface area contributed by atoms with Crippen molar-refractivity contribution in [3.63, 3.8) is 0 Å². The average molecular weight is 213 g/mol. The van der Waals surface area contributed by atoms with Crippen molar-refractivity contribution in [3.8, 4) is 0 Å². The van der Waals surface area contributed by atoms with Gasteiger partial charge in [-0.1, -0.05) is 34.6 Å². The van der Waals surface area contributed by atoms with E-state index in [1.807, 2.05) is 0 Å². The zero-order chi connectivity index (χ0) is 11.7. The molecule has 0 aliphatic heterocycles. The summed E-state index contributed by atoms with van der Waals surface area (Å²) in [5.41, 5.74) is -0.212. The second-order valence-corrected chi connectivity index (χ2v) is 6.61. The van der Waals surface area contributed by atoms with E-state index in [1.165, 1.54) is 6.42 Å². The van der Waals surface area contributed by atoms with Crippen LogP contribution in [0.25, 0.3) is 0 Å². The molecule has 0 radical (unpaired) electrons. The second-order valence-electron chi connectivity index (χ2n) is 6.61. The van der Waals surface area contributed by atoms with Crippen LogP contribution >= 0.6 is 0 Å². The molecule has 1 aliphatic rings. The van der Waals surface area contributed by atoms with Gasteiger partial charge in [-0.3, -0.25) is 0 Å². The van der Waals surface area contributed by atoms with E-state index in [0.717, 1.165) is 19.4 Å². The molecule has 2 unspecified atom stereocenters. The third-order valence-corrected chi connectivity index (χ3v) is 3.28. The van der Waals surface area contributed by atoms with Crippen LogP contribution in [0.5, 0.6) is 0 Å². The first-order valence-corrected chi connectivity index (χ1v) is 6.18. The summed E-state index contributed by atoms with van der Waals surface area (Å²) < 4.78 is 0. The van der Waals surface area contributed by atoms with Crippen molar-refractivity contribution in [1.82, 2.24) is 5.32 Å². The molecule has 0 spiro atoms. The van der Waals surface area contributed by atoms with E-state index < -0.39 is 5.60 Å². The summed E-state index contributed by atoms with van der Waals surface area (Å²) >= 11 is 0. The topological polar surface area (TPSA) is 32.3 Å². The Morgan fingerprint density at radius 1 is 1.33 bits per heavy atom. The van der Waals surface area contributed by atoms with Gasteiger partial charge in [-0.2, -0.15) is 0 Å². The second kappa shape index (κ2) is 4.42. The lowest BCUT2D eigenvalue weighted by Crippen LogP contribution is -2.50. The molecule has 1 aliphatic carbocycles. The summed E-state index contributed by atoms with van der Waals surface area (Å²) in [5.74, 6) is 0.632. The molecule has 0 heterocycles. The van der Waals surface area contributed by atoms with Crippen molar-refractivity contribution < 1.29 is 5.11 Å². The van der Waals surface area contributed by atoms with Gasteiger partial charge in [0.25, 0.3) is 0 Å². The fourth-order valence-corrected chi connectivity index (χ4v) is 3.23. The van der Waals surface area contributed by atoms with Crippen molar-refractivity contribution in [3.05, 3.63) is 0 Å². The Morgan fingerprint density at radius 2 is 1.93 bits per heavy atom. The average Bonchev–Trinajstić information content (AvgIpc) is 1.96. The summed E-state index contributed by atoms with van der Waals surface area (Å²) in [6, 6.07) is 0.453. The summed E-state index contributed by atoms with van der Waals surface area (Å²) in [6.07, 6.45) is 3.09. The van der Waals surface area contributed by atoms with Crippen molar-refractivity contribution in [1.29, 1.82) is 0 Å². The monoisotopic (exact) mass is 213 g/mol. The molecule has 0 saturated heterocycles. The Balaban J connectivity index is 2.58. The lowest BCUT2D eigenvalue weighted by molar-refractivity contribution is -0.0572. The maximum Gasteiger partial charge on any atom is 0.0779 e. The van der Waals surface area contributed by atoms with Gasteiger partial charge in [0.1, 0.15) is 0 Å². The minimum absolute atomic E-state index is 0.283. The molecule has 0 bridgehead atoms. The normalized spacial score (nSPS) is 35.8. The van der Waals surface area contributed by atoms with Crippen LogP contribution in [0.4, 0.5) is 0 Å². The molecule has 2 nitrogen and oxygen atoms in total. The van der Waals surface area contributed by atoms with Crippen LogP contribution in [0.15, 0.2) is 0 Å². The van der Waals surface area contributed by atoms with Gasteiger partial charge in [0.2, 0.25) is 0 Å². The van der Waals surface area contributed by atoms with Crippen LogP contribution in [-0.2, 0) is 0 Å². The lowest BCUT2D eigenvalue weighted by Gasteiger charge is -2.45. The molecule has 0 aromatic rings. The number of nitrogens with one attached hydrogen (secondary N) is 1. The molecule has 90 valence electrons. The van der Waals surface area contributed by atoms with E-state index in [4.69, 9.17) is 0 Å². The standard InChI is InChI=1S/C13H27NO/c1-10(2)14-9-13(15)7-11(3)6-12(4,5)8-13/h10-11,14-15H,6-9H2,1-5H3. The fraction of sp³-hybridized carbons (Fsp3) is 1.00. The first-order valence-electron chi connectivity index (χ1n) is 6.18. The largest absolute Gasteiger partial charge is 0.389 e. The molecule has 1 saturated carbocycles. The highest BCUT2D eigenvalue weighted by atomic mass is 16.3. The third kappa shape index (κ3) is 4.12. The molecule has 2 N–H and O–H groups in total. The summed E-state index contributed by atoms with van der Waals surface area (Å²) in [4.78, 5) is 0. The number of hydrogen-bond acceptors (Lipinski definition) is 2. The maximum atomic E-state index is 10.6. The number of aliphatic hydroxyl groups is 1. The zero-order valence-electron chi connectivity index (χ0n) is 10.9. The Kier molecular flexibility index (Phi) is 3.83. The van der Waals surface area contributed by atoms with Gasteiger partial charge >= 0.3 is 0 Å². The van der Waals surface area contributed by atoms with Crippen LogP contribution in [0, 0.1) is 11.3 Å². The molecule has 2 heteroatoms. The quantitative estimate of drug-likeness (QED) is 0.755. The van der Waals surface area contributed by atoms with Crippen LogP contribution < -0.4 is 5.32 Å². The Bertz CT molecular complexity index is 213. The molecule has 1 rings (SSSR count). The first-order chi connectivity index (χ1) is 6.72. The molecule has 0 aromatic carbocycles. The number of rotatable bonds is 3. The van der Waals surface area contributed by atoms with Crippen molar-refractivity contribution in [2.75, 3.05) is 6.54 Å². The van der Waals surface area contributed by atoms with Crippen LogP contribution in [-0.4, -0.2) is 23.3 Å². The Hall–Kier alpha value is -0.0800. The molecule has 0 aromatic heterocycles. The van der Waals surface area contributed by atoms with E-state index in [0.29, 0.717) is 12.0 Å². The van der Waals surface area contributed by atoms with Crippen LogP contribution in [0.2, 0.25) is 0 Å². The van der Waals surface area contributed by atoms with Gasteiger partial charge < -0.3 is 10.4 Å². The molecule has 15 heavy (non-hydrogen) atoms. The highest BCUT2D eigenvalue weighted by Crippen LogP contribution is 2.43. The van der Waals surface area contributed by atoms with E-state index in [9.17, 15) is 5.11 Å². The summed E-state index contributed by atoms with van der Waals surface area (Å²) in [5, 5.41) is 13.9. The van der Waals surface area contributed by atoms with Gasteiger partial charge in [0.15, 0.2) is 0 Å².